The molecule has 0 spiro atoms. The fourth-order valence-corrected chi connectivity index (χ4v) is 3.57. The van der Waals surface area contributed by atoms with Gasteiger partial charge in [-0.3, -0.25) is 9.59 Å². The summed E-state index contributed by atoms with van der Waals surface area (Å²) in [6.45, 7) is 0.0922. The molecule has 0 aliphatic carbocycles. The molecule has 6 nitrogen and oxygen atoms in total. The van der Waals surface area contributed by atoms with Gasteiger partial charge < -0.3 is 14.9 Å². The van der Waals surface area contributed by atoms with Gasteiger partial charge in [-0.25, -0.2) is 4.98 Å². The molecule has 2 aromatic carbocycles. The van der Waals surface area contributed by atoms with Crippen LogP contribution in [0.3, 0.4) is 0 Å². The molecule has 0 fully saturated rings. The Hall–Kier alpha value is -3.45. The topological polar surface area (TPSA) is 95.4 Å². The number of amides is 1. The van der Waals surface area contributed by atoms with Gasteiger partial charge in [0.2, 0.25) is 5.91 Å². The zero-order valence-corrected chi connectivity index (χ0v) is 15.6. The molecule has 7 heteroatoms. The van der Waals surface area contributed by atoms with Crippen LogP contribution in [-0.2, 0) is 22.6 Å². The molecule has 28 heavy (non-hydrogen) atoms. The van der Waals surface area contributed by atoms with E-state index >= 15 is 0 Å². The fourth-order valence-electron chi connectivity index (χ4n) is 2.75. The van der Waals surface area contributed by atoms with Crippen LogP contribution in [0.5, 0.6) is 0 Å². The highest BCUT2D eigenvalue weighted by molar-refractivity contribution is 7.13. The summed E-state index contributed by atoms with van der Waals surface area (Å²) in [5, 5.41) is 3.57. The first-order valence-electron chi connectivity index (χ1n) is 8.56. The van der Waals surface area contributed by atoms with Gasteiger partial charge in [0.05, 0.1) is 5.69 Å². The minimum absolute atomic E-state index is 0.0697. The summed E-state index contributed by atoms with van der Waals surface area (Å²) in [6, 6.07) is 16.3. The quantitative estimate of drug-likeness (QED) is 0.502. The molecule has 2 aromatic heterocycles. The molecule has 0 saturated heterocycles. The number of furan rings is 1. The number of rotatable bonds is 6. The number of hydrogen-bond donors (Lipinski definition) is 1. The zero-order chi connectivity index (χ0) is 19.5. The van der Waals surface area contributed by atoms with Gasteiger partial charge in [0.1, 0.15) is 29.4 Å². The first kappa shape index (κ1) is 17.9. The molecule has 2 heterocycles. The molecule has 140 valence electrons. The van der Waals surface area contributed by atoms with Crippen LogP contribution in [0, 0.1) is 0 Å². The van der Waals surface area contributed by atoms with E-state index in [-0.39, 0.29) is 19.0 Å². The lowest BCUT2D eigenvalue weighted by Gasteiger charge is -2.01. The van der Waals surface area contributed by atoms with Crippen molar-refractivity contribution < 1.29 is 18.7 Å². The van der Waals surface area contributed by atoms with Crippen molar-refractivity contribution in [1.82, 2.24) is 4.98 Å². The maximum Gasteiger partial charge on any atom is 0.313 e. The summed E-state index contributed by atoms with van der Waals surface area (Å²) >= 11 is 1.44. The third-order valence-electron chi connectivity index (χ3n) is 4.14. The Bertz CT molecular complexity index is 1110. The molecule has 0 aliphatic heterocycles. The van der Waals surface area contributed by atoms with E-state index in [1.807, 2.05) is 35.7 Å². The van der Waals surface area contributed by atoms with E-state index in [2.05, 4.69) is 4.98 Å². The second kappa shape index (κ2) is 7.66. The molecule has 0 aliphatic rings. The molecule has 4 rings (SSSR count). The van der Waals surface area contributed by atoms with Gasteiger partial charge in [-0.15, -0.1) is 11.3 Å². The van der Waals surface area contributed by atoms with Crippen LogP contribution >= 0.6 is 11.3 Å². The summed E-state index contributed by atoms with van der Waals surface area (Å²) in [7, 11) is 0. The number of nitrogens with zero attached hydrogens (tertiary/aromatic N) is 1. The minimum atomic E-state index is -0.470. The molecule has 0 radical (unpaired) electrons. The van der Waals surface area contributed by atoms with Crippen molar-refractivity contribution in [3.8, 4) is 10.6 Å². The highest BCUT2D eigenvalue weighted by Crippen LogP contribution is 2.24. The third kappa shape index (κ3) is 3.94. The predicted octanol–water partition coefficient (Wildman–Crippen LogP) is 3.94. The molecule has 0 bridgehead atoms. The van der Waals surface area contributed by atoms with Crippen molar-refractivity contribution in [3.63, 3.8) is 0 Å². The normalized spacial score (nSPS) is 10.9. The lowest BCUT2D eigenvalue weighted by atomic mass is 10.1. The average molecular weight is 392 g/mol. The lowest BCUT2D eigenvalue weighted by molar-refractivity contribution is -0.144. The average Bonchev–Trinajstić information content (AvgIpc) is 3.33. The van der Waals surface area contributed by atoms with Crippen molar-refractivity contribution in [2.75, 3.05) is 0 Å². The summed E-state index contributed by atoms with van der Waals surface area (Å²) < 4.78 is 10.9. The second-order valence-electron chi connectivity index (χ2n) is 6.17. The molecule has 0 unspecified atom stereocenters. The van der Waals surface area contributed by atoms with Crippen molar-refractivity contribution in [1.29, 1.82) is 0 Å². The second-order valence-corrected chi connectivity index (χ2v) is 7.03. The number of carbonyl (C=O) groups excluding carboxylic acids is 2. The minimum Gasteiger partial charge on any atom is -0.460 e. The van der Waals surface area contributed by atoms with Gasteiger partial charge in [-0.1, -0.05) is 30.3 Å². The summed E-state index contributed by atoms with van der Waals surface area (Å²) in [4.78, 5) is 27.7. The number of fused-ring (bicyclic) bond motifs is 1. The van der Waals surface area contributed by atoms with Gasteiger partial charge in [0.25, 0.3) is 0 Å². The molecule has 0 saturated carbocycles. The highest BCUT2D eigenvalue weighted by atomic mass is 32.1. The first-order valence-corrected chi connectivity index (χ1v) is 9.44. The Morgan fingerprint density at radius 2 is 1.89 bits per heavy atom. The van der Waals surface area contributed by atoms with E-state index in [9.17, 15) is 9.59 Å². The summed E-state index contributed by atoms with van der Waals surface area (Å²) in [5.41, 5.74) is 7.97. The predicted molar refractivity (Wildman–Crippen MR) is 106 cm³/mol. The van der Waals surface area contributed by atoms with E-state index in [1.165, 1.54) is 11.3 Å². The van der Waals surface area contributed by atoms with Crippen LogP contribution in [0.4, 0.5) is 0 Å². The first-order chi connectivity index (χ1) is 13.6. The number of hydrogen-bond acceptors (Lipinski definition) is 6. The number of primary amides is 1. The third-order valence-corrected chi connectivity index (χ3v) is 5.08. The Morgan fingerprint density at radius 3 is 2.64 bits per heavy atom. The van der Waals surface area contributed by atoms with E-state index in [0.717, 1.165) is 21.5 Å². The standard InChI is InChI=1S/C21H16N2O4S/c22-20(25)13-5-7-14(8-6-13)21-23-16(12-28-21)11-26-19(24)10-17-9-15-3-1-2-4-18(15)27-17/h1-9,12H,10-11H2,(H2,22,25). The van der Waals surface area contributed by atoms with Crippen molar-refractivity contribution in [3.05, 3.63) is 77.0 Å². The Morgan fingerprint density at radius 1 is 1.11 bits per heavy atom. The van der Waals surface area contributed by atoms with Crippen LogP contribution < -0.4 is 5.73 Å². The molecular formula is C21H16N2O4S. The lowest BCUT2D eigenvalue weighted by Crippen LogP contribution is -2.10. The van der Waals surface area contributed by atoms with Gasteiger partial charge in [-0.2, -0.15) is 0 Å². The molecule has 1 amide bonds. The fraction of sp³-hybridized carbons (Fsp3) is 0.0952. The number of ether oxygens (including phenoxy) is 1. The zero-order valence-electron chi connectivity index (χ0n) is 14.8. The smallest absolute Gasteiger partial charge is 0.313 e. The van der Waals surface area contributed by atoms with Gasteiger partial charge in [0, 0.05) is 21.9 Å². The van der Waals surface area contributed by atoms with Gasteiger partial charge in [0.15, 0.2) is 0 Å². The maximum atomic E-state index is 12.1. The number of esters is 1. The number of thiazole rings is 1. The van der Waals surface area contributed by atoms with E-state index < -0.39 is 5.91 Å². The monoisotopic (exact) mass is 392 g/mol. The van der Waals surface area contributed by atoms with E-state index in [1.54, 1.807) is 24.3 Å². The number of carbonyl (C=O) groups is 2. The van der Waals surface area contributed by atoms with Gasteiger partial charge in [-0.05, 0) is 24.3 Å². The highest BCUT2D eigenvalue weighted by Gasteiger charge is 2.12. The SMILES string of the molecule is NC(=O)c1ccc(-c2nc(COC(=O)Cc3cc4ccccc4o3)cs2)cc1. The molecule has 0 atom stereocenters. The van der Waals surface area contributed by atoms with E-state index in [4.69, 9.17) is 14.9 Å². The van der Waals surface area contributed by atoms with Crippen molar-refractivity contribution in [2.24, 2.45) is 5.73 Å². The number of nitrogens with two attached hydrogens (primary N) is 1. The van der Waals surface area contributed by atoms with Crippen LogP contribution in [0.1, 0.15) is 21.8 Å². The summed E-state index contributed by atoms with van der Waals surface area (Å²) in [5.74, 6) is -0.276. The Labute approximate surface area is 164 Å². The van der Waals surface area contributed by atoms with Crippen molar-refractivity contribution >= 4 is 34.2 Å². The summed E-state index contributed by atoms with van der Waals surface area (Å²) in [6.07, 6.45) is 0.0697. The Balaban J connectivity index is 1.36. The number of aromatic nitrogens is 1. The van der Waals surface area contributed by atoms with Crippen molar-refractivity contribution in [2.45, 2.75) is 13.0 Å². The van der Waals surface area contributed by atoms with Gasteiger partial charge >= 0.3 is 5.97 Å². The van der Waals surface area contributed by atoms with Crippen LogP contribution in [-0.4, -0.2) is 16.9 Å². The number of para-hydroxylation sites is 1. The largest absolute Gasteiger partial charge is 0.460 e. The molecular weight excluding hydrogens is 376 g/mol. The van der Waals surface area contributed by atoms with E-state index in [0.29, 0.717) is 17.0 Å². The Kier molecular flexibility index (Phi) is 4.90. The molecule has 2 N–H and O–H groups in total. The van der Waals surface area contributed by atoms with Crippen LogP contribution in [0.15, 0.2) is 64.4 Å². The maximum absolute atomic E-state index is 12.1. The van der Waals surface area contributed by atoms with Crippen LogP contribution in [0.2, 0.25) is 0 Å². The molecule has 4 aromatic rings. The van der Waals surface area contributed by atoms with Crippen LogP contribution in [0.25, 0.3) is 21.5 Å². The number of benzene rings is 2.